The first kappa shape index (κ1) is 18.3. The highest BCUT2D eigenvalue weighted by molar-refractivity contribution is 5.93. The zero-order chi connectivity index (χ0) is 18.9. The number of nitrogens with zero attached hydrogens (tertiary/aromatic N) is 3. The maximum Gasteiger partial charge on any atom is 0.321 e. The minimum Gasteiger partial charge on any atom is -0.388 e. The third-order valence-corrected chi connectivity index (χ3v) is 5.52. The number of hydrogen-bond donors (Lipinski definition) is 2. The van der Waals surface area contributed by atoms with E-state index >= 15 is 0 Å². The van der Waals surface area contributed by atoms with Crippen molar-refractivity contribution in [3.8, 4) is 0 Å². The van der Waals surface area contributed by atoms with Crippen LogP contribution in [0.3, 0.4) is 0 Å². The molecule has 7 heteroatoms. The molecule has 2 N–H and O–H groups in total. The van der Waals surface area contributed by atoms with Gasteiger partial charge < -0.3 is 24.6 Å². The van der Waals surface area contributed by atoms with Crippen LogP contribution in [0, 0.1) is 0 Å². The van der Waals surface area contributed by atoms with E-state index in [1.54, 1.807) is 11.8 Å². The number of fused-ring (bicyclic) bond motifs is 1. The first-order valence-corrected chi connectivity index (χ1v) is 9.68. The Morgan fingerprint density at radius 3 is 2.78 bits per heavy atom. The SMILES string of the molecule is CC1(O)CCN(C(=O)Nc2ccc3c(ccn3CCN3CCOCC3)c2)C1. The molecule has 0 aliphatic carbocycles. The van der Waals surface area contributed by atoms with Crippen molar-refractivity contribution in [2.45, 2.75) is 25.5 Å². The van der Waals surface area contributed by atoms with Gasteiger partial charge in [-0.2, -0.15) is 0 Å². The van der Waals surface area contributed by atoms with Gasteiger partial charge in [0, 0.05) is 55.5 Å². The van der Waals surface area contributed by atoms with Crippen molar-refractivity contribution < 1.29 is 14.6 Å². The minimum atomic E-state index is -0.779. The molecule has 1 aromatic heterocycles. The van der Waals surface area contributed by atoms with Gasteiger partial charge in [-0.25, -0.2) is 4.79 Å². The van der Waals surface area contributed by atoms with Crippen molar-refractivity contribution in [1.82, 2.24) is 14.4 Å². The van der Waals surface area contributed by atoms with Gasteiger partial charge in [-0.1, -0.05) is 0 Å². The summed E-state index contributed by atoms with van der Waals surface area (Å²) in [7, 11) is 0. The molecule has 1 aromatic carbocycles. The van der Waals surface area contributed by atoms with Gasteiger partial charge in [-0.15, -0.1) is 0 Å². The summed E-state index contributed by atoms with van der Waals surface area (Å²) in [6.45, 7) is 8.32. The molecule has 1 unspecified atom stereocenters. The van der Waals surface area contributed by atoms with Crippen molar-refractivity contribution in [3.63, 3.8) is 0 Å². The summed E-state index contributed by atoms with van der Waals surface area (Å²) in [5.41, 5.74) is 1.18. The number of hydrogen-bond acceptors (Lipinski definition) is 4. The molecular formula is C20H28N4O3. The second-order valence-corrected chi connectivity index (χ2v) is 7.84. The predicted molar refractivity (Wildman–Crippen MR) is 105 cm³/mol. The van der Waals surface area contributed by atoms with Gasteiger partial charge in [0.1, 0.15) is 0 Å². The summed E-state index contributed by atoms with van der Waals surface area (Å²) in [6.07, 6.45) is 2.72. The zero-order valence-electron chi connectivity index (χ0n) is 15.9. The number of carbonyl (C=O) groups is 1. The Kier molecular flexibility index (Phi) is 5.08. The number of rotatable bonds is 4. The third-order valence-electron chi connectivity index (χ3n) is 5.52. The molecule has 0 bridgehead atoms. The number of β-amino-alcohol motifs (C(OH)–C–C–N with tert-alkyl or cyclic N) is 1. The number of ether oxygens (including phenoxy) is 1. The van der Waals surface area contributed by atoms with Crippen molar-refractivity contribution in [2.24, 2.45) is 0 Å². The minimum absolute atomic E-state index is 0.154. The van der Waals surface area contributed by atoms with Crippen LogP contribution in [0.15, 0.2) is 30.5 Å². The number of morpholine rings is 1. The topological polar surface area (TPSA) is 70.0 Å². The van der Waals surface area contributed by atoms with E-state index in [1.807, 2.05) is 12.1 Å². The van der Waals surface area contributed by atoms with Crippen LogP contribution < -0.4 is 5.32 Å². The molecule has 2 amide bonds. The maximum absolute atomic E-state index is 12.4. The molecule has 27 heavy (non-hydrogen) atoms. The fraction of sp³-hybridized carbons (Fsp3) is 0.550. The number of amides is 2. The fourth-order valence-corrected chi connectivity index (χ4v) is 3.87. The normalized spacial score (nSPS) is 23.9. The summed E-state index contributed by atoms with van der Waals surface area (Å²) in [6, 6.07) is 7.95. The maximum atomic E-state index is 12.4. The molecule has 0 radical (unpaired) electrons. The lowest BCUT2D eigenvalue weighted by molar-refractivity contribution is 0.0365. The Morgan fingerprint density at radius 1 is 1.22 bits per heavy atom. The van der Waals surface area contributed by atoms with Crippen molar-refractivity contribution in [2.75, 3.05) is 51.3 Å². The number of aliphatic hydroxyl groups is 1. The van der Waals surface area contributed by atoms with E-state index in [0.29, 0.717) is 19.5 Å². The number of benzene rings is 1. The van der Waals surface area contributed by atoms with Crippen LogP contribution >= 0.6 is 0 Å². The molecule has 1 atom stereocenters. The predicted octanol–water partition coefficient (Wildman–Crippen LogP) is 1.96. The third kappa shape index (κ3) is 4.26. The molecule has 2 aliphatic heterocycles. The molecule has 7 nitrogen and oxygen atoms in total. The van der Waals surface area contributed by atoms with Crippen LogP contribution in [0.25, 0.3) is 10.9 Å². The summed E-state index contributed by atoms with van der Waals surface area (Å²) in [5, 5.41) is 14.1. The molecule has 146 valence electrons. The van der Waals surface area contributed by atoms with Crippen LogP contribution in [0.2, 0.25) is 0 Å². The van der Waals surface area contributed by atoms with E-state index in [2.05, 4.69) is 33.1 Å². The van der Waals surface area contributed by atoms with Gasteiger partial charge >= 0.3 is 6.03 Å². The quantitative estimate of drug-likeness (QED) is 0.861. The molecule has 0 spiro atoms. The van der Waals surface area contributed by atoms with E-state index in [-0.39, 0.29) is 6.03 Å². The highest BCUT2D eigenvalue weighted by atomic mass is 16.5. The molecule has 3 heterocycles. The standard InChI is InChI=1S/C20H28N4O3/c1-20(26)5-7-24(15-20)19(25)21-17-2-3-18-16(14-17)4-6-23(18)9-8-22-10-12-27-13-11-22/h2-4,6,14,26H,5,7-13,15H2,1H3,(H,21,25). The summed E-state index contributed by atoms with van der Waals surface area (Å²) >= 11 is 0. The molecule has 0 saturated carbocycles. The molecule has 2 fully saturated rings. The lowest BCUT2D eigenvalue weighted by Crippen LogP contribution is -2.38. The van der Waals surface area contributed by atoms with E-state index < -0.39 is 5.60 Å². The number of anilines is 1. The van der Waals surface area contributed by atoms with Gasteiger partial charge in [0.15, 0.2) is 0 Å². The van der Waals surface area contributed by atoms with Gasteiger partial charge in [0.25, 0.3) is 0 Å². The smallest absolute Gasteiger partial charge is 0.321 e. The fourth-order valence-electron chi connectivity index (χ4n) is 3.87. The molecule has 4 rings (SSSR count). The van der Waals surface area contributed by atoms with E-state index in [0.717, 1.165) is 50.5 Å². The Morgan fingerprint density at radius 2 is 2.04 bits per heavy atom. The molecule has 2 saturated heterocycles. The van der Waals surface area contributed by atoms with Crippen LogP contribution in [-0.4, -0.2) is 77.0 Å². The second kappa shape index (κ2) is 7.50. The van der Waals surface area contributed by atoms with Crippen molar-refractivity contribution in [1.29, 1.82) is 0 Å². The number of nitrogens with one attached hydrogen (secondary N) is 1. The Balaban J connectivity index is 1.39. The molecule has 2 aliphatic rings. The number of urea groups is 1. The van der Waals surface area contributed by atoms with E-state index in [1.165, 1.54) is 5.52 Å². The summed E-state index contributed by atoms with van der Waals surface area (Å²) < 4.78 is 7.66. The Hall–Kier alpha value is -2.09. The molecule has 2 aromatic rings. The lowest BCUT2D eigenvalue weighted by Gasteiger charge is -2.26. The van der Waals surface area contributed by atoms with Gasteiger partial charge in [-0.05, 0) is 37.6 Å². The average Bonchev–Trinajstić information content (AvgIpc) is 3.23. The van der Waals surface area contributed by atoms with Crippen LogP contribution in [0.5, 0.6) is 0 Å². The van der Waals surface area contributed by atoms with Crippen LogP contribution in [-0.2, 0) is 11.3 Å². The monoisotopic (exact) mass is 372 g/mol. The number of carbonyl (C=O) groups excluding carboxylic acids is 1. The van der Waals surface area contributed by atoms with Crippen LogP contribution in [0.4, 0.5) is 10.5 Å². The van der Waals surface area contributed by atoms with E-state index in [4.69, 9.17) is 4.74 Å². The van der Waals surface area contributed by atoms with Crippen LogP contribution in [0.1, 0.15) is 13.3 Å². The largest absolute Gasteiger partial charge is 0.388 e. The van der Waals surface area contributed by atoms with Crippen molar-refractivity contribution in [3.05, 3.63) is 30.5 Å². The molecular weight excluding hydrogens is 344 g/mol. The van der Waals surface area contributed by atoms with E-state index in [9.17, 15) is 9.90 Å². The van der Waals surface area contributed by atoms with Gasteiger partial charge in [-0.3, -0.25) is 4.90 Å². The number of likely N-dealkylation sites (tertiary alicyclic amines) is 1. The average molecular weight is 372 g/mol. The summed E-state index contributed by atoms with van der Waals surface area (Å²) in [5.74, 6) is 0. The Labute approximate surface area is 159 Å². The zero-order valence-corrected chi connectivity index (χ0v) is 15.9. The second-order valence-electron chi connectivity index (χ2n) is 7.84. The highest BCUT2D eigenvalue weighted by Crippen LogP contribution is 2.23. The summed E-state index contributed by atoms with van der Waals surface area (Å²) in [4.78, 5) is 16.5. The highest BCUT2D eigenvalue weighted by Gasteiger charge is 2.33. The Bertz CT molecular complexity index is 811. The van der Waals surface area contributed by atoms with Gasteiger partial charge in [0.2, 0.25) is 0 Å². The van der Waals surface area contributed by atoms with Gasteiger partial charge in [0.05, 0.1) is 25.4 Å². The van der Waals surface area contributed by atoms with Crippen molar-refractivity contribution >= 4 is 22.6 Å². The number of aromatic nitrogens is 1. The first-order chi connectivity index (χ1) is 13.0. The lowest BCUT2D eigenvalue weighted by atomic mass is 10.1. The first-order valence-electron chi connectivity index (χ1n) is 9.68.